The Balaban J connectivity index is 1.83. The van der Waals surface area contributed by atoms with Crippen LogP contribution in [0.3, 0.4) is 0 Å². The van der Waals surface area contributed by atoms with E-state index in [1.165, 1.54) is 44.9 Å². The molecule has 0 heterocycles. The fraction of sp³-hybridized carbons (Fsp3) is 1.00. The van der Waals surface area contributed by atoms with E-state index in [4.69, 9.17) is 0 Å². The number of hydrogen-bond donors (Lipinski definition) is 0. The minimum Gasteiger partial charge on any atom is -0.0625 e. The zero-order valence-electron chi connectivity index (χ0n) is 11.5. The van der Waals surface area contributed by atoms with Crippen LogP contribution in [0.5, 0.6) is 0 Å². The Morgan fingerprint density at radius 1 is 0.812 bits per heavy atom. The molecule has 0 N–H and O–H groups in total. The summed E-state index contributed by atoms with van der Waals surface area (Å²) in [4.78, 5) is 0. The molecule has 4 atom stereocenters. The van der Waals surface area contributed by atoms with Crippen LogP contribution < -0.4 is 0 Å². The molecular weight excluding hydrogens is 192 g/mol. The SMILES string of the molecule is CC1CC(C)CC(CC2CCCCC2C)C1. The molecule has 0 spiro atoms. The molecule has 0 radical (unpaired) electrons. The van der Waals surface area contributed by atoms with E-state index in [1.54, 1.807) is 6.42 Å². The first-order chi connectivity index (χ1) is 7.65. The average molecular weight is 222 g/mol. The van der Waals surface area contributed by atoms with Crippen LogP contribution >= 0.6 is 0 Å². The van der Waals surface area contributed by atoms with Crippen molar-refractivity contribution in [2.45, 2.75) is 72.1 Å². The molecule has 2 fully saturated rings. The highest BCUT2D eigenvalue weighted by Gasteiger charge is 2.29. The number of rotatable bonds is 2. The first-order valence-electron chi connectivity index (χ1n) is 7.65. The topological polar surface area (TPSA) is 0 Å². The van der Waals surface area contributed by atoms with Crippen molar-refractivity contribution in [1.82, 2.24) is 0 Å². The Bertz CT molecular complexity index is 198. The van der Waals surface area contributed by atoms with Crippen molar-refractivity contribution in [2.24, 2.45) is 29.6 Å². The molecule has 2 rings (SSSR count). The van der Waals surface area contributed by atoms with E-state index in [1.807, 2.05) is 0 Å². The van der Waals surface area contributed by atoms with Gasteiger partial charge in [0.05, 0.1) is 0 Å². The van der Waals surface area contributed by atoms with Crippen molar-refractivity contribution in [3.8, 4) is 0 Å². The second-order valence-corrected chi connectivity index (χ2v) is 7.04. The van der Waals surface area contributed by atoms with Gasteiger partial charge in [0.15, 0.2) is 0 Å². The summed E-state index contributed by atoms with van der Waals surface area (Å²) in [5, 5.41) is 0. The maximum Gasteiger partial charge on any atom is -0.0386 e. The molecule has 0 aromatic carbocycles. The lowest BCUT2D eigenvalue weighted by molar-refractivity contribution is 0.147. The molecule has 2 saturated carbocycles. The molecule has 0 aromatic heterocycles. The Kier molecular flexibility index (Phi) is 4.33. The second kappa shape index (κ2) is 5.56. The monoisotopic (exact) mass is 222 g/mol. The molecular formula is C16H30. The van der Waals surface area contributed by atoms with Gasteiger partial charge in [-0.2, -0.15) is 0 Å². The Morgan fingerprint density at radius 3 is 2.06 bits per heavy atom. The van der Waals surface area contributed by atoms with Crippen LogP contribution in [0.1, 0.15) is 72.1 Å². The third-order valence-corrected chi connectivity index (χ3v) is 5.20. The third-order valence-electron chi connectivity index (χ3n) is 5.20. The first-order valence-corrected chi connectivity index (χ1v) is 7.65. The molecule has 0 nitrogen and oxygen atoms in total. The molecule has 0 saturated heterocycles. The molecule has 2 aliphatic rings. The van der Waals surface area contributed by atoms with Gasteiger partial charge in [0.2, 0.25) is 0 Å². The number of hydrogen-bond acceptors (Lipinski definition) is 0. The second-order valence-electron chi connectivity index (χ2n) is 7.04. The molecule has 4 unspecified atom stereocenters. The van der Waals surface area contributed by atoms with Gasteiger partial charge >= 0.3 is 0 Å². The van der Waals surface area contributed by atoms with E-state index in [0.29, 0.717) is 0 Å². The molecule has 94 valence electrons. The Labute approximate surface area is 102 Å². The van der Waals surface area contributed by atoms with Crippen LogP contribution in [0.25, 0.3) is 0 Å². The maximum atomic E-state index is 2.50. The molecule has 0 aromatic rings. The quantitative estimate of drug-likeness (QED) is 0.596. The minimum atomic E-state index is 0.993. The zero-order chi connectivity index (χ0) is 11.5. The van der Waals surface area contributed by atoms with Crippen molar-refractivity contribution in [2.75, 3.05) is 0 Å². The van der Waals surface area contributed by atoms with Gasteiger partial charge in [-0.3, -0.25) is 0 Å². The predicted octanol–water partition coefficient (Wildman–Crippen LogP) is 5.28. The van der Waals surface area contributed by atoms with Crippen LogP contribution in [0.2, 0.25) is 0 Å². The highest BCUT2D eigenvalue weighted by atomic mass is 14.3. The van der Waals surface area contributed by atoms with Gasteiger partial charge < -0.3 is 0 Å². The lowest BCUT2D eigenvalue weighted by Crippen LogP contribution is -2.25. The minimum absolute atomic E-state index is 0.993. The van der Waals surface area contributed by atoms with Crippen molar-refractivity contribution < 1.29 is 0 Å². The van der Waals surface area contributed by atoms with Gasteiger partial charge in [-0.15, -0.1) is 0 Å². The Hall–Kier alpha value is 0. The summed E-state index contributed by atoms with van der Waals surface area (Å²) in [6.07, 6.45) is 12.1. The standard InChI is InChI=1S/C16H30/c1-12-8-13(2)10-15(9-12)11-16-7-5-4-6-14(16)3/h12-16H,4-11H2,1-3H3. The zero-order valence-corrected chi connectivity index (χ0v) is 11.5. The summed E-state index contributed by atoms with van der Waals surface area (Å²) in [6, 6.07) is 0. The fourth-order valence-electron chi connectivity index (χ4n) is 4.48. The lowest BCUT2D eigenvalue weighted by atomic mass is 9.69. The summed E-state index contributed by atoms with van der Waals surface area (Å²) in [5.41, 5.74) is 0. The van der Waals surface area contributed by atoms with Gasteiger partial charge in [-0.25, -0.2) is 0 Å². The van der Waals surface area contributed by atoms with E-state index >= 15 is 0 Å². The Morgan fingerprint density at radius 2 is 1.44 bits per heavy atom. The summed E-state index contributed by atoms with van der Waals surface area (Å²) in [5.74, 6) is 5.13. The normalized spacial score (nSPS) is 45.6. The van der Waals surface area contributed by atoms with Crippen LogP contribution in [0.15, 0.2) is 0 Å². The van der Waals surface area contributed by atoms with Crippen molar-refractivity contribution >= 4 is 0 Å². The average Bonchev–Trinajstić information content (AvgIpc) is 2.20. The van der Waals surface area contributed by atoms with E-state index < -0.39 is 0 Å². The van der Waals surface area contributed by atoms with E-state index in [9.17, 15) is 0 Å². The fourth-order valence-corrected chi connectivity index (χ4v) is 4.48. The summed E-state index contributed by atoms with van der Waals surface area (Å²) >= 11 is 0. The van der Waals surface area contributed by atoms with Gasteiger partial charge in [0.1, 0.15) is 0 Å². The van der Waals surface area contributed by atoms with E-state index in [-0.39, 0.29) is 0 Å². The molecule has 2 aliphatic carbocycles. The van der Waals surface area contributed by atoms with Gasteiger partial charge in [0, 0.05) is 0 Å². The van der Waals surface area contributed by atoms with Crippen molar-refractivity contribution in [3.05, 3.63) is 0 Å². The van der Waals surface area contributed by atoms with Crippen LogP contribution in [-0.4, -0.2) is 0 Å². The van der Waals surface area contributed by atoms with Crippen LogP contribution in [0.4, 0.5) is 0 Å². The van der Waals surface area contributed by atoms with Crippen LogP contribution in [-0.2, 0) is 0 Å². The summed E-state index contributed by atoms with van der Waals surface area (Å²) < 4.78 is 0. The molecule has 0 bridgehead atoms. The van der Waals surface area contributed by atoms with Gasteiger partial charge in [0.25, 0.3) is 0 Å². The highest BCUT2D eigenvalue weighted by Crippen LogP contribution is 2.41. The van der Waals surface area contributed by atoms with Crippen LogP contribution in [0, 0.1) is 29.6 Å². The van der Waals surface area contributed by atoms with Crippen molar-refractivity contribution in [1.29, 1.82) is 0 Å². The maximum absolute atomic E-state index is 2.50. The largest absolute Gasteiger partial charge is 0.0625 e. The van der Waals surface area contributed by atoms with Crippen molar-refractivity contribution in [3.63, 3.8) is 0 Å². The first kappa shape index (κ1) is 12.5. The smallest absolute Gasteiger partial charge is 0.0386 e. The van der Waals surface area contributed by atoms with E-state index in [0.717, 1.165) is 29.6 Å². The predicted molar refractivity (Wildman–Crippen MR) is 71.4 cm³/mol. The lowest BCUT2D eigenvalue weighted by Gasteiger charge is -2.37. The van der Waals surface area contributed by atoms with Gasteiger partial charge in [-0.05, 0) is 55.3 Å². The van der Waals surface area contributed by atoms with E-state index in [2.05, 4.69) is 20.8 Å². The molecule has 0 heteroatoms. The van der Waals surface area contributed by atoms with Gasteiger partial charge in [-0.1, -0.05) is 46.5 Å². The third kappa shape index (κ3) is 3.25. The highest BCUT2D eigenvalue weighted by molar-refractivity contribution is 4.80. The summed E-state index contributed by atoms with van der Waals surface area (Å²) in [6.45, 7) is 7.43. The summed E-state index contributed by atoms with van der Waals surface area (Å²) in [7, 11) is 0. The molecule has 0 amide bonds. The molecule has 16 heavy (non-hydrogen) atoms. The molecule has 0 aliphatic heterocycles.